The van der Waals surface area contributed by atoms with Crippen molar-refractivity contribution in [2.24, 2.45) is 0 Å². The first-order chi connectivity index (χ1) is 9.99. The Balaban J connectivity index is 0. The number of hydrogen-bond donors (Lipinski definition) is 0. The number of hydrogen-bond acceptors (Lipinski definition) is 0. The Morgan fingerprint density at radius 1 is 0.783 bits per heavy atom. The van der Waals surface area contributed by atoms with Crippen molar-refractivity contribution >= 4 is 3.26 Å². The molecule has 3 heteroatoms. The van der Waals surface area contributed by atoms with Gasteiger partial charge in [0.25, 0.3) is 0 Å². The van der Waals surface area contributed by atoms with Gasteiger partial charge in [0, 0.05) is 0 Å². The molecule has 23 heavy (non-hydrogen) atoms. The Bertz CT molecular complexity index is 496. The second-order valence-corrected chi connectivity index (χ2v) is 8.56. The van der Waals surface area contributed by atoms with E-state index >= 15 is 0 Å². The van der Waals surface area contributed by atoms with E-state index in [0.717, 1.165) is 0 Å². The molecular weight excluding hydrogens is 490 g/mol. The molecule has 0 spiro atoms. The van der Waals surface area contributed by atoms with Crippen molar-refractivity contribution < 1.29 is 48.7 Å². The number of rotatable bonds is 0. The topological polar surface area (TPSA) is 0 Å². The van der Waals surface area contributed by atoms with E-state index in [-0.39, 0.29) is 24.8 Å². The van der Waals surface area contributed by atoms with Crippen molar-refractivity contribution in [3.8, 4) is 0 Å². The van der Waals surface area contributed by atoms with Gasteiger partial charge >= 0.3 is 59.3 Å². The van der Waals surface area contributed by atoms with Crippen LogP contribution in [0.2, 0.25) is 0 Å². The fraction of sp³-hybridized carbons (Fsp3) is 0.450. The van der Waals surface area contributed by atoms with Crippen LogP contribution in [0.1, 0.15) is 54.4 Å². The van der Waals surface area contributed by atoms with Gasteiger partial charge in [0.05, 0.1) is 0 Å². The third-order valence-electron chi connectivity index (χ3n) is 3.84. The molecule has 0 bridgehead atoms. The van der Waals surface area contributed by atoms with Crippen LogP contribution < -0.4 is 24.8 Å². The third kappa shape index (κ3) is 12.1. The van der Waals surface area contributed by atoms with Gasteiger partial charge in [-0.15, -0.1) is 0 Å². The predicted molar refractivity (Wildman–Crippen MR) is 91.1 cm³/mol. The van der Waals surface area contributed by atoms with Crippen molar-refractivity contribution in [2.45, 2.75) is 59.8 Å². The maximum atomic E-state index is 2.17. The second-order valence-electron chi connectivity index (χ2n) is 6.02. The first-order valence-corrected chi connectivity index (χ1v) is 9.74. The summed E-state index contributed by atoms with van der Waals surface area (Å²) in [5.41, 5.74) is 5.50. The zero-order valence-electron chi connectivity index (χ0n) is 14.8. The molecule has 2 aromatic rings. The molecule has 0 aliphatic heterocycles. The zero-order valence-corrected chi connectivity index (χ0v) is 19.9. The summed E-state index contributed by atoms with van der Waals surface area (Å²) in [5.74, 6) is 0. The molecule has 1 saturated carbocycles. The van der Waals surface area contributed by atoms with Crippen molar-refractivity contribution in [3.05, 3.63) is 58.7 Å². The first-order valence-electron chi connectivity index (χ1n) is 7.94. The number of aryl methyl sites for hydroxylation is 4. The van der Waals surface area contributed by atoms with Gasteiger partial charge in [0.1, 0.15) is 0 Å². The molecule has 0 nitrogen and oxygen atoms in total. The minimum absolute atomic E-state index is 0. The van der Waals surface area contributed by atoms with Crippen LogP contribution in [0.3, 0.4) is 0 Å². The van der Waals surface area contributed by atoms with Crippen LogP contribution in [0.4, 0.5) is 0 Å². The van der Waals surface area contributed by atoms with Crippen molar-refractivity contribution in [2.75, 3.05) is 0 Å². The quantitative estimate of drug-likeness (QED) is 0.333. The van der Waals surface area contributed by atoms with Gasteiger partial charge in [0.2, 0.25) is 0 Å². The van der Waals surface area contributed by atoms with Crippen LogP contribution in [0.15, 0.2) is 36.4 Å². The van der Waals surface area contributed by atoms with Gasteiger partial charge in [-0.3, -0.25) is 0 Å². The molecule has 0 saturated heterocycles. The SMILES string of the molecule is Cc1c[cH-]cc1C.Cc1ccc(C)[cH-]1.[Cl-].[Cl-].[Hf+2]=[C]1CCCCC1. The third-order valence-corrected chi connectivity index (χ3v) is 5.63. The average Bonchev–Trinajstić information content (AvgIpc) is 3.01. The maximum absolute atomic E-state index is 2.17. The van der Waals surface area contributed by atoms with E-state index in [0.29, 0.717) is 0 Å². The molecule has 2 aromatic carbocycles. The summed E-state index contributed by atoms with van der Waals surface area (Å²) in [5, 5.41) is 0. The summed E-state index contributed by atoms with van der Waals surface area (Å²) in [7, 11) is 0. The Labute approximate surface area is 169 Å². The van der Waals surface area contributed by atoms with Gasteiger partial charge in [-0.05, 0) is 0 Å². The summed E-state index contributed by atoms with van der Waals surface area (Å²) < 4.78 is 1.85. The van der Waals surface area contributed by atoms with Crippen molar-refractivity contribution in [1.82, 2.24) is 0 Å². The van der Waals surface area contributed by atoms with Gasteiger partial charge in [-0.25, -0.2) is 12.1 Å². The van der Waals surface area contributed by atoms with Crippen LogP contribution >= 0.6 is 0 Å². The molecule has 1 fully saturated rings. The molecule has 1 aliphatic rings. The fourth-order valence-electron chi connectivity index (χ4n) is 2.30. The Kier molecular flexibility index (Phi) is 15.8. The molecule has 0 radical (unpaired) electrons. The van der Waals surface area contributed by atoms with E-state index < -0.39 is 0 Å². The summed E-state index contributed by atoms with van der Waals surface area (Å²) in [6.45, 7) is 8.45. The van der Waals surface area contributed by atoms with Gasteiger partial charge in [0.15, 0.2) is 0 Å². The molecule has 0 N–H and O–H groups in total. The summed E-state index contributed by atoms with van der Waals surface area (Å²) in [6, 6.07) is 12.7. The fourth-order valence-corrected chi connectivity index (χ4v) is 3.57. The zero-order chi connectivity index (χ0) is 15.7. The van der Waals surface area contributed by atoms with Crippen LogP contribution in [-0.2, 0) is 23.9 Å². The van der Waals surface area contributed by atoms with Gasteiger partial charge < -0.3 is 24.8 Å². The van der Waals surface area contributed by atoms with E-state index in [2.05, 4.69) is 64.1 Å². The van der Waals surface area contributed by atoms with E-state index in [9.17, 15) is 0 Å². The van der Waals surface area contributed by atoms with Crippen LogP contribution in [-0.4, -0.2) is 3.26 Å². The van der Waals surface area contributed by atoms with Crippen molar-refractivity contribution in [3.63, 3.8) is 0 Å². The molecule has 0 amide bonds. The van der Waals surface area contributed by atoms with E-state index in [4.69, 9.17) is 0 Å². The molecule has 0 heterocycles. The molecule has 0 aromatic heterocycles. The summed E-state index contributed by atoms with van der Waals surface area (Å²) in [6.07, 6.45) is 7.39. The predicted octanol–water partition coefficient (Wildman–Crippen LogP) is -0.278. The molecule has 128 valence electrons. The Hall–Kier alpha value is 0.0201. The molecule has 0 unspecified atom stereocenters. The van der Waals surface area contributed by atoms with Crippen LogP contribution in [0.5, 0.6) is 0 Å². The van der Waals surface area contributed by atoms with Crippen molar-refractivity contribution in [1.29, 1.82) is 0 Å². The summed E-state index contributed by atoms with van der Waals surface area (Å²) in [4.78, 5) is 0. The van der Waals surface area contributed by atoms with Crippen LogP contribution in [0.25, 0.3) is 0 Å². The van der Waals surface area contributed by atoms with E-state index in [1.165, 1.54) is 78.3 Å². The molecule has 3 rings (SSSR count). The first kappa shape index (κ1) is 25.3. The molecular formula is C20H28Cl2Hf-2. The standard InChI is InChI=1S/2C7H9.C6H10.2ClH.Hf/c1-6-3-4-7(2)5-6;1-6-4-3-5-7(6)2;1-2-4-6-5-3-1;;;/h2*3-5H,1-2H3;1-5H2;2*1H;/q2*-1;;;;+2/p-2. The molecule has 1 aliphatic carbocycles. The average molecular weight is 518 g/mol. The van der Waals surface area contributed by atoms with Crippen LogP contribution in [0, 0.1) is 27.7 Å². The van der Waals surface area contributed by atoms with Gasteiger partial charge in [-0.2, -0.15) is 46.5 Å². The Morgan fingerprint density at radius 3 is 1.39 bits per heavy atom. The summed E-state index contributed by atoms with van der Waals surface area (Å²) >= 11 is 1.37. The second kappa shape index (κ2) is 14.4. The van der Waals surface area contributed by atoms with E-state index in [1.54, 1.807) is 0 Å². The van der Waals surface area contributed by atoms with E-state index in [1.807, 2.05) is 3.26 Å². The monoisotopic (exact) mass is 518 g/mol. The van der Waals surface area contributed by atoms with Gasteiger partial charge in [-0.1, -0.05) is 27.7 Å². The molecule has 0 atom stereocenters. The Morgan fingerprint density at radius 2 is 1.22 bits per heavy atom. The minimum atomic E-state index is 0. The normalized spacial score (nSPS) is 12.7. The number of halogens is 2.